The van der Waals surface area contributed by atoms with Gasteiger partial charge in [0.05, 0.1) is 36.0 Å². The SMILES string of the molecule is CC1CCCC(n2cnc(-c3cc(Cl)ccc3-n3cc(C(F)(F)F)nn3)cc2=O)c2cccc(c2)C2C(CCCN2C)NC1=O. The number of hydrogen-bond acceptors (Lipinski definition) is 6. The van der Waals surface area contributed by atoms with Crippen molar-refractivity contribution in [3.63, 3.8) is 0 Å². The smallest absolute Gasteiger partial charge is 0.351 e. The quantitative estimate of drug-likeness (QED) is 0.303. The molecule has 2 aromatic heterocycles. The molecule has 236 valence electrons. The highest BCUT2D eigenvalue weighted by atomic mass is 35.5. The molecular formula is C32H33ClF3N7O2. The molecule has 13 heteroatoms. The molecule has 4 atom stereocenters. The molecule has 2 aromatic carbocycles. The third-order valence-electron chi connectivity index (χ3n) is 8.85. The molecule has 4 heterocycles. The average molecular weight is 640 g/mol. The number of rotatable bonds is 3. The Hall–Kier alpha value is -4.03. The minimum absolute atomic E-state index is 0.00282. The standard InChI is InChI=1S/C32H33ClF3N7O2/c1-19-6-3-10-26(20-7-4-8-21(14-20)30-24(38-31(19)45)9-5-13-41(30)2)42-18-37-25(16-29(42)44)23-15-22(33)11-12-27(23)43-17-28(39-40-43)32(34,35)36/h4,7-8,11-12,14-19,24,26,30H,3,5-6,9-10,13H2,1-2H3,(H,38,45). The molecule has 1 saturated heterocycles. The van der Waals surface area contributed by atoms with Crippen LogP contribution in [0.1, 0.15) is 67.9 Å². The van der Waals surface area contributed by atoms with E-state index in [-0.39, 0.29) is 46.9 Å². The predicted molar refractivity (Wildman–Crippen MR) is 163 cm³/mol. The zero-order valence-electron chi connectivity index (χ0n) is 24.8. The third-order valence-corrected chi connectivity index (χ3v) is 9.08. The van der Waals surface area contributed by atoms with Crippen molar-refractivity contribution in [2.24, 2.45) is 5.92 Å². The lowest BCUT2D eigenvalue weighted by Gasteiger charge is -2.40. The van der Waals surface area contributed by atoms with Gasteiger partial charge in [0.1, 0.15) is 0 Å². The Kier molecular flexibility index (Phi) is 8.53. The van der Waals surface area contributed by atoms with Crippen LogP contribution in [0, 0.1) is 5.92 Å². The molecule has 4 unspecified atom stereocenters. The lowest BCUT2D eigenvalue weighted by molar-refractivity contribution is -0.141. The van der Waals surface area contributed by atoms with Gasteiger partial charge in [0.2, 0.25) is 5.91 Å². The maximum absolute atomic E-state index is 13.8. The normalized spacial score (nSPS) is 23.0. The van der Waals surface area contributed by atoms with Gasteiger partial charge in [-0.2, -0.15) is 13.2 Å². The zero-order valence-corrected chi connectivity index (χ0v) is 25.6. The summed E-state index contributed by atoms with van der Waals surface area (Å²) in [5.41, 5.74) is 1.37. The number of hydrogen-bond donors (Lipinski definition) is 1. The molecule has 1 amide bonds. The van der Waals surface area contributed by atoms with Gasteiger partial charge >= 0.3 is 6.18 Å². The second-order valence-corrected chi connectivity index (χ2v) is 12.4. The summed E-state index contributed by atoms with van der Waals surface area (Å²) in [5.74, 6) is -0.131. The number of nitrogens with zero attached hydrogens (tertiary/aromatic N) is 6. The number of benzene rings is 2. The first-order chi connectivity index (χ1) is 21.5. The van der Waals surface area contributed by atoms with Crippen LogP contribution in [0.25, 0.3) is 16.9 Å². The van der Waals surface area contributed by atoms with Crippen LogP contribution in [0.15, 0.2) is 65.8 Å². The fourth-order valence-electron chi connectivity index (χ4n) is 6.51. The van der Waals surface area contributed by atoms with E-state index in [1.165, 1.54) is 30.6 Å². The topological polar surface area (TPSA) is 97.9 Å². The maximum Gasteiger partial charge on any atom is 0.436 e. The van der Waals surface area contributed by atoms with Gasteiger partial charge in [0.25, 0.3) is 5.56 Å². The highest BCUT2D eigenvalue weighted by molar-refractivity contribution is 6.31. The van der Waals surface area contributed by atoms with Crippen LogP contribution in [-0.2, 0) is 11.0 Å². The van der Waals surface area contributed by atoms with E-state index in [1.807, 2.05) is 19.1 Å². The van der Waals surface area contributed by atoms with Gasteiger partial charge in [0.15, 0.2) is 5.69 Å². The number of piperidine rings is 1. The molecule has 2 aliphatic rings. The van der Waals surface area contributed by atoms with Gasteiger partial charge in [-0.1, -0.05) is 54.4 Å². The van der Waals surface area contributed by atoms with E-state index in [1.54, 1.807) is 4.57 Å². The zero-order chi connectivity index (χ0) is 31.9. The second-order valence-electron chi connectivity index (χ2n) is 11.9. The second kappa shape index (κ2) is 12.4. The first-order valence-electron chi connectivity index (χ1n) is 15.0. The van der Waals surface area contributed by atoms with Crippen LogP contribution in [0.4, 0.5) is 13.2 Å². The summed E-state index contributed by atoms with van der Waals surface area (Å²) in [4.78, 5) is 33.8. The summed E-state index contributed by atoms with van der Waals surface area (Å²) in [6.45, 7) is 2.86. The first-order valence-corrected chi connectivity index (χ1v) is 15.4. The number of amides is 1. The molecule has 0 aliphatic carbocycles. The fraction of sp³-hybridized carbons (Fsp3) is 0.406. The largest absolute Gasteiger partial charge is 0.436 e. The monoisotopic (exact) mass is 639 g/mol. The van der Waals surface area contributed by atoms with E-state index in [2.05, 4.69) is 44.7 Å². The van der Waals surface area contributed by atoms with Gasteiger partial charge in [-0.3, -0.25) is 19.1 Å². The van der Waals surface area contributed by atoms with Crippen molar-refractivity contribution < 1.29 is 18.0 Å². The molecule has 0 radical (unpaired) electrons. The molecule has 2 bridgehead atoms. The Labute approximate surface area is 263 Å². The van der Waals surface area contributed by atoms with Crippen LogP contribution in [-0.4, -0.2) is 55.0 Å². The summed E-state index contributed by atoms with van der Waals surface area (Å²) in [5, 5.41) is 10.5. The minimum atomic E-state index is -4.66. The molecule has 1 fully saturated rings. The van der Waals surface area contributed by atoms with E-state index in [4.69, 9.17) is 11.6 Å². The van der Waals surface area contributed by atoms with E-state index < -0.39 is 11.9 Å². The van der Waals surface area contributed by atoms with Gasteiger partial charge < -0.3 is 5.32 Å². The molecule has 2 aliphatic heterocycles. The molecule has 9 nitrogen and oxygen atoms in total. The molecule has 0 spiro atoms. The molecule has 1 N–H and O–H groups in total. The summed E-state index contributed by atoms with van der Waals surface area (Å²) >= 11 is 6.26. The van der Waals surface area contributed by atoms with E-state index in [0.717, 1.165) is 41.4 Å². The Morgan fingerprint density at radius 1 is 1.00 bits per heavy atom. The van der Waals surface area contributed by atoms with Gasteiger partial charge in [-0.25, -0.2) is 9.67 Å². The predicted octanol–water partition coefficient (Wildman–Crippen LogP) is 5.82. The van der Waals surface area contributed by atoms with E-state index >= 15 is 0 Å². The van der Waals surface area contributed by atoms with Crippen molar-refractivity contribution in [1.29, 1.82) is 0 Å². The third kappa shape index (κ3) is 6.39. The lowest BCUT2D eigenvalue weighted by Crippen LogP contribution is -2.50. The van der Waals surface area contributed by atoms with Crippen molar-refractivity contribution in [2.75, 3.05) is 13.6 Å². The van der Waals surface area contributed by atoms with Crippen LogP contribution >= 0.6 is 11.6 Å². The summed E-state index contributed by atoms with van der Waals surface area (Å²) < 4.78 is 42.3. The van der Waals surface area contributed by atoms with E-state index in [9.17, 15) is 22.8 Å². The van der Waals surface area contributed by atoms with Crippen molar-refractivity contribution in [3.8, 4) is 16.9 Å². The molecule has 0 saturated carbocycles. The highest BCUT2D eigenvalue weighted by Gasteiger charge is 2.35. The van der Waals surface area contributed by atoms with E-state index in [0.29, 0.717) is 29.8 Å². The van der Waals surface area contributed by atoms with Crippen molar-refractivity contribution in [2.45, 2.75) is 63.3 Å². The van der Waals surface area contributed by atoms with Crippen LogP contribution in [0.2, 0.25) is 5.02 Å². The summed E-state index contributed by atoms with van der Waals surface area (Å²) in [6.07, 6.45) is 1.45. The highest BCUT2D eigenvalue weighted by Crippen LogP contribution is 2.35. The average Bonchev–Trinajstić information content (AvgIpc) is 3.50. The lowest BCUT2D eigenvalue weighted by atomic mass is 9.87. The van der Waals surface area contributed by atoms with Gasteiger partial charge in [-0.05, 0) is 68.6 Å². The Morgan fingerprint density at radius 2 is 1.80 bits per heavy atom. The molecule has 6 rings (SSSR count). The van der Waals surface area contributed by atoms with Crippen LogP contribution < -0.4 is 10.9 Å². The molecular weight excluding hydrogens is 607 g/mol. The summed E-state index contributed by atoms with van der Waals surface area (Å²) in [7, 11) is 2.07. The first kappa shape index (κ1) is 31.0. The molecule has 45 heavy (non-hydrogen) atoms. The molecule has 4 aromatic rings. The maximum atomic E-state index is 13.8. The Morgan fingerprint density at radius 3 is 2.56 bits per heavy atom. The number of likely N-dealkylation sites (N-methyl/N-ethyl adjacent to an activating group) is 1. The van der Waals surface area contributed by atoms with Crippen molar-refractivity contribution in [1.82, 2.24) is 34.8 Å². The summed E-state index contributed by atoms with van der Waals surface area (Å²) in [6, 6.07) is 13.8. The number of carbonyl (C=O) groups excluding carboxylic acids is 1. The number of likely N-dealkylation sites (tertiary alicyclic amines) is 1. The van der Waals surface area contributed by atoms with Gasteiger partial charge in [-0.15, -0.1) is 5.10 Å². The number of alkyl halides is 3. The van der Waals surface area contributed by atoms with Crippen LogP contribution in [0.5, 0.6) is 0 Å². The fourth-order valence-corrected chi connectivity index (χ4v) is 6.68. The number of aromatic nitrogens is 5. The van der Waals surface area contributed by atoms with Crippen molar-refractivity contribution >= 4 is 17.5 Å². The Balaban J connectivity index is 1.40. The Bertz CT molecular complexity index is 1770. The minimum Gasteiger partial charge on any atom is -0.351 e. The van der Waals surface area contributed by atoms with Gasteiger partial charge in [0, 0.05) is 28.6 Å². The van der Waals surface area contributed by atoms with Crippen molar-refractivity contribution in [3.05, 3.63) is 93.3 Å². The number of nitrogens with one attached hydrogen (secondary N) is 1. The number of fused-ring (bicyclic) bond motifs is 4. The number of halogens is 4. The van der Waals surface area contributed by atoms with Crippen LogP contribution in [0.3, 0.4) is 0 Å². The number of carbonyl (C=O) groups is 1.